The zero-order valence-electron chi connectivity index (χ0n) is 22.3. The number of ether oxygens (including phenoxy) is 2. The molecule has 3 aromatic carbocycles. The highest BCUT2D eigenvalue weighted by Crippen LogP contribution is 2.45. The number of hydrogen-bond donors (Lipinski definition) is 2. The van der Waals surface area contributed by atoms with Crippen molar-refractivity contribution in [2.75, 3.05) is 13.2 Å². The van der Waals surface area contributed by atoms with Crippen molar-refractivity contribution < 1.29 is 19.4 Å². The molecular formula is C31H32ClN3O4. The molecule has 4 aromatic rings. The van der Waals surface area contributed by atoms with Crippen LogP contribution in [-0.4, -0.2) is 45.4 Å². The lowest BCUT2D eigenvalue weighted by atomic mass is 9.95. The van der Waals surface area contributed by atoms with Crippen LogP contribution in [0.5, 0.6) is 11.5 Å². The average Bonchev–Trinajstić information content (AvgIpc) is 3.47. The molecule has 202 valence electrons. The fraction of sp³-hybridized carbons (Fsp3) is 0.290. The Morgan fingerprint density at radius 3 is 2.67 bits per heavy atom. The van der Waals surface area contributed by atoms with Gasteiger partial charge in [-0.25, -0.2) is 0 Å². The van der Waals surface area contributed by atoms with Crippen molar-refractivity contribution in [3.05, 3.63) is 99.7 Å². The Hall–Kier alpha value is -3.81. The summed E-state index contributed by atoms with van der Waals surface area (Å²) in [5, 5.41) is 18.7. The van der Waals surface area contributed by atoms with Crippen LogP contribution in [-0.2, 0) is 11.3 Å². The number of halogens is 1. The number of aromatic hydroxyl groups is 1. The first-order valence-electron chi connectivity index (χ1n) is 13.1. The van der Waals surface area contributed by atoms with Gasteiger partial charge in [0.05, 0.1) is 12.1 Å². The molecule has 2 N–H and O–H groups in total. The first-order chi connectivity index (χ1) is 18.8. The van der Waals surface area contributed by atoms with E-state index in [2.05, 4.69) is 10.2 Å². The van der Waals surface area contributed by atoms with E-state index in [1.54, 1.807) is 12.1 Å². The summed E-state index contributed by atoms with van der Waals surface area (Å²) in [4.78, 5) is 15.5. The maximum absolute atomic E-state index is 13.6. The fourth-order valence-corrected chi connectivity index (χ4v) is 5.07. The minimum absolute atomic E-state index is 0.0566. The number of nitrogens with one attached hydrogen (secondary N) is 1. The number of benzene rings is 3. The largest absolute Gasteiger partial charge is 0.507 e. The van der Waals surface area contributed by atoms with Crippen LogP contribution in [0.2, 0.25) is 5.02 Å². The first kappa shape index (κ1) is 26.8. The van der Waals surface area contributed by atoms with Gasteiger partial charge in [-0.1, -0.05) is 54.1 Å². The van der Waals surface area contributed by atoms with Crippen LogP contribution >= 0.6 is 11.6 Å². The molecule has 0 fully saturated rings. The van der Waals surface area contributed by atoms with E-state index in [1.807, 2.05) is 80.3 Å². The van der Waals surface area contributed by atoms with E-state index in [4.69, 9.17) is 21.1 Å². The van der Waals surface area contributed by atoms with E-state index < -0.39 is 6.04 Å². The molecule has 0 saturated carbocycles. The molecule has 8 heteroatoms. The lowest BCUT2D eigenvalue weighted by Crippen LogP contribution is -2.31. The Bertz CT molecular complexity index is 1470. The topological polar surface area (TPSA) is 87.7 Å². The molecule has 39 heavy (non-hydrogen) atoms. The van der Waals surface area contributed by atoms with Crippen molar-refractivity contribution in [3.8, 4) is 22.8 Å². The lowest BCUT2D eigenvalue weighted by molar-refractivity contribution is 0.0601. The number of hydrogen-bond acceptors (Lipinski definition) is 5. The van der Waals surface area contributed by atoms with Gasteiger partial charge in [0.1, 0.15) is 29.5 Å². The molecule has 0 radical (unpaired) electrons. The molecule has 2 heterocycles. The molecule has 0 spiro atoms. The minimum atomic E-state index is -0.431. The van der Waals surface area contributed by atoms with Gasteiger partial charge in [0.15, 0.2) is 0 Å². The third-order valence-corrected chi connectivity index (χ3v) is 7.22. The Kier molecular flexibility index (Phi) is 7.91. The van der Waals surface area contributed by atoms with Crippen LogP contribution in [0.25, 0.3) is 11.3 Å². The van der Waals surface area contributed by atoms with Gasteiger partial charge in [0.25, 0.3) is 5.91 Å². The van der Waals surface area contributed by atoms with Crippen molar-refractivity contribution in [2.45, 2.75) is 45.9 Å². The van der Waals surface area contributed by atoms with Gasteiger partial charge >= 0.3 is 0 Å². The van der Waals surface area contributed by atoms with Gasteiger partial charge in [-0.15, -0.1) is 0 Å². The number of nitrogens with zero attached hydrogens (tertiary/aromatic N) is 2. The van der Waals surface area contributed by atoms with Gasteiger partial charge in [0, 0.05) is 29.3 Å². The van der Waals surface area contributed by atoms with E-state index in [0.717, 1.165) is 16.7 Å². The first-order valence-corrected chi connectivity index (χ1v) is 13.5. The van der Waals surface area contributed by atoms with Crippen molar-refractivity contribution >= 4 is 17.5 Å². The van der Waals surface area contributed by atoms with Crippen molar-refractivity contribution in [3.63, 3.8) is 0 Å². The summed E-state index contributed by atoms with van der Waals surface area (Å²) >= 11 is 6.42. The van der Waals surface area contributed by atoms with Crippen LogP contribution in [0.4, 0.5) is 0 Å². The number of phenolic OH excluding ortho intramolecular Hbond substituents is 1. The normalized spacial score (nSPS) is 14.7. The van der Waals surface area contributed by atoms with E-state index in [9.17, 15) is 9.90 Å². The smallest absolute Gasteiger partial charge is 0.273 e. The van der Waals surface area contributed by atoms with Crippen molar-refractivity contribution in [2.24, 2.45) is 0 Å². The second-order valence-corrected chi connectivity index (χ2v) is 10.4. The molecule has 0 saturated heterocycles. The maximum Gasteiger partial charge on any atom is 0.273 e. The second-order valence-electron chi connectivity index (χ2n) is 10.0. The Labute approximate surface area is 233 Å². The Balaban J connectivity index is 1.52. The highest BCUT2D eigenvalue weighted by Gasteiger charge is 2.42. The van der Waals surface area contributed by atoms with Crippen LogP contribution in [0.1, 0.15) is 59.1 Å². The zero-order valence-corrected chi connectivity index (χ0v) is 23.0. The summed E-state index contributed by atoms with van der Waals surface area (Å²) in [6, 6.07) is 20.6. The molecule has 1 aliphatic heterocycles. The molecule has 0 bridgehead atoms. The van der Waals surface area contributed by atoms with E-state index in [-0.39, 0.29) is 17.8 Å². The summed E-state index contributed by atoms with van der Waals surface area (Å²) in [5.41, 5.74) is 4.80. The van der Waals surface area contributed by atoms with Gasteiger partial charge in [-0.3, -0.25) is 9.89 Å². The average molecular weight is 546 g/mol. The van der Waals surface area contributed by atoms with Crippen molar-refractivity contribution in [1.29, 1.82) is 0 Å². The van der Waals surface area contributed by atoms with E-state index in [0.29, 0.717) is 59.5 Å². The summed E-state index contributed by atoms with van der Waals surface area (Å²) in [6.07, 6.45) is 0.797. The van der Waals surface area contributed by atoms with Crippen LogP contribution in [0.15, 0.2) is 66.7 Å². The zero-order chi connectivity index (χ0) is 27.5. The molecule has 1 amide bonds. The number of phenols is 1. The standard InChI is InChI=1S/C31H32ClN3O4/c1-19(2)38-14-8-13-35-30(22-11-7-12-23(16-22)39-18-21-9-5-4-6-10-21)27-28(33-34-29(27)31(35)37)24-17-25(32)20(3)15-26(24)36/h4-7,9-12,15-17,19,30,36H,8,13-14,18H2,1-3H3,(H,33,34). The van der Waals surface area contributed by atoms with Crippen LogP contribution in [0, 0.1) is 6.92 Å². The van der Waals surface area contributed by atoms with Gasteiger partial charge in [-0.05, 0) is 68.1 Å². The number of aromatic nitrogens is 2. The van der Waals surface area contributed by atoms with Crippen LogP contribution < -0.4 is 4.74 Å². The highest BCUT2D eigenvalue weighted by molar-refractivity contribution is 6.31. The Morgan fingerprint density at radius 1 is 1.10 bits per heavy atom. The molecule has 1 unspecified atom stereocenters. The predicted octanol–water partition coefficient (Wildman–Crippen LogP) is 6.68. The third kappa shape index (κ3) is 5.65. The SMILES string of the molecule is Cc1cc(O)c(-c2n[nH]c3c2C(c2cccc(OCc4ccccc4)c2)N(CCCOC(C)C)C3=O)cc1Cl. The molecule has 1 atom stereocenters. The third-order valence-electron chi connectivity index (χ3n) is 6.81. The predicted molar refractivity (Wildman–Crippen MR) is 151 cm³/mol. The molecular weight excluding hydrogens is 514 g/mol. The van der Waals surface area contributed by atoms with Crippen LogP contribution in [0.3, 0.4) is 0 Å². The van der Waals surface area contributed by atoms with E-state index >= 15 is 0 Å². The molecule has 1 aromatic heterocycles. The fourth-order valence-electron chi connectivity index (χ4n) is 4.90. The number of carbonyl (C=O) groups excluding carboxylic acids is 1. The summed E-state index contributed by atoms with van der Waals surface area (Å²) < 4.78 is 11.8. The number of aromatic amines is 1. The molecule has 5 rings (SSSR count). The number of amides is 1. The van der Waals surface area contributed by atoms with Crippen molar-refractivity contribution in [1.82, 2.24) is 15.1 Å². The number of H-pyrrole nitrogens is 1. The number of carbonyl (C=O) groups is 1. The summed E-state index contributed by atoms with van der Waals surface area (Å²) in [6.45, 7) is 7.28. The molecule has 1 aliphatic rings. The van der Waals surface area contributed by atoms with Gasteiger partial charge in [0.2, 0.25) is 0 Å². The second kappa shape index (κ2) is 11.5. The molecule has 0 aliphatic carbocycles. The van der Waals surface area contributed by atoms with Gasteiger partial charge < -0.3 is 19.5 Å². The lowest BCUT2D eigenvalue weighted by Gasteiger charge is -2.27. The quantitative estimate of drug-likeness (QED) is 0.217. The summed E-state index contributed by atoms with van der Waals surface area (Å²) in [7, 11) is 0. The monoisotopic (exact) mass is 545 g/mol. The Morgan fingerprint density at radius 2 is 1.90 bits per heavy atom. The highest BCUT2D eigenvalue weighted by atomic mass is 35.5. The minimum Gasteiger partial charge on any atom is -0.507 e. The number of rotatable bonds is 10. The summed E-state index contributed by atoms with van der Waals surface area (Å²) in [5.74, 6) is 0.611. The van der Waals surface area contributed by atoms with E-state index in [1.165, 1.54) is 0 Å². The molecule has 7 nitrogen and oxygen atoms in total. The number of aryl methyl sites for hydroxylation is 1. The number of fused-ring (bicyclic) bond motifs is 1. The van der Waals surface area contributed by atoms with Gasteiger partial charge in [-0.2, -0.15) is 5.10 Å². The maximum atomic E-state index is 13.6.